The van der Waals surface area contributed by atoms with Crippen LogP contribution in [0.5, 0.6) is 0 Å². The van der Waals surface area contributed by atoms with Crippen molar-refractivity contribution in [1.82, 2.24) is 10.5 Å². The van der Waals surface area contributed by atoms with Crippen LogP contribution in [0.15, 0.2) is 6.20 Å². The van der Waals surface area contributed by atoms with Gasteiger partial charge in [-0.2, -0.15) is 0 Å². The van der Waals surface area contributed by atoms with Gasteiger partial charge >= 0.3 is 0 Å². The summed E-state index contributed by atoms with van der Waals surface area (Å²) < 4.78 is 0. The van der Waals surface area contributed by atoms with Gasteiger partial charge in [-0.3, -0.25) is 9.63 Å². The van der Waals surface area contributed by atoms with Crippen LogP contribution in [0.25, 0.3) is 0 Å². The monoisotopic (exact) mass is 202 g/mol. The van der Waals surface area contributed by atoms with Crippen molar-refractivity contribution >= 4 is 17.2 Å². The highest BCUT2D eigenvalue weighted by Crippen LogP contribution is 2.19. The lowest BCUT2D eigenvalue weighted by Gasteiger charge is -1.97. The summed E-state index contributed by atoms with van der Waals surface area (Å²) in [5, 5.41) is 9.65. The van der Waals surface area contributed by atoms with Crippen LogP contribution in [0.1, 0.15) is 27.7 Å². The molecule has 0 saturated heterocycles. The van der Waals surface area contributed by atoms with Gasteiger partial charge in [0.15, 0.2) is 0 Å². The number of carbonyl (C=O) groups excluding carboxylic acids is 1. The third-order valence-electron chi connectivity index (χ3n) is 1.30. The van der Waals surface area contributed by atoms with Crippen LogP contribution in [0.4, 0.5) is 0 Å². The molecule has 0 radical (unpaired) electrons. The molecular formula is C7H10N2O3S. The maximum atomic E-state index is 11.1. The first kappa shape index (κ1) is 10.1. The minimum absolute atomic E-state index is 0.355. The second-order valence-electron chi connectivity index (χ2n) is 2.37. The maximum absolute atomic E-state index is 11.1. The molecule has 0 spiro atoms. The molecule has 13 heavy (non-hydrogen) atoms. The third kappa shape index (κ3) is 2.48. The van der Waals surface area contributed by atoms with Gasteiger partial charge in [0.1, 0.15) is 16.0 Å². The molecule has 0 aliphatic rings. The molecule has 6 heteroatoms. The zero-order valence-electron chi connectivity index (χ0n) is 7.27. The number of hydrogen-bond donors (Lipinski definition) is 2. The number of nitrogens with one attached hydrogen (secondary N) is 1. The topological polar surface area (TPSA) is 71.5 Å². The molecule has 1 aromatic rings. The SMILES string of the molecule is CONC(=O)c1cnc(C(C)O)s1. The van der Waals surface area contributed by atoms with Crippen molar-refractivity contribution in [1.29, 1.82) is 0 Å². The lowest BCUT2D eigenvalue weighted by Crippen LogP contribution is -2.20. The van der Waals surface area contributed by atoms with Crippen molar-refractivity contribution in [2.45, 2.75) is 13.0 Å². The summed E-state index contributed by atoms with van der Waals surface area (Å²) in [6.07, 6.45) is 0.759. The number of thiazole rings is 1. The van der Waals surface area contributed by atoms with E-state index in [0.29, 0.717) is 9.88 Å². The fourth-order valence-corrected chi connectivity index (χ4v) is 1.47. The summed E-state index contributed by atoms with van der Waals surface area (Å²) >= 11 is 1.14. The van der Waals surface area contributed by atoms with Gasteiger partial charge in [0.05, 0.1) is 13.3 Å². The molecule has 0 aliphatic heterocycles. The summed E-state index contributed by atoms with van der Waals surface area (Å²) in [5.74, 6) is -0.355. The number of aliphatic hydroxyl groups is 1. The Morgan fingerprint density at radius 2 is 2.54 bits per heavy atom. The van der Waals surface area contributed by atoms with E-state index in [1.54, 1.807) is 6.92 Å². The molecule has 1 heterocycles. The van der Waals surface area contributed by atoms with E-state index in [-0.39, 0.29) is 5.91 Å². The molecule has 0 aromatic carbocycles. The number of aliphatic hydroxyl groups excluding tert-OH is 1. The minimum Gasteiger partial charge on any atom is -0.386 e. The van der Waals surface area contributed by atoms with Gasteiger partial charge in [0.25, 0.3) is 5.91 Å². The highest BCUT2D eigenvalue weighted by Gasteiger charge is 2.12. The molecule has 0 aliphatic carbocycles. The average molecular weight is 202 g/mol. The van der Waals surface area contributed by atoms with Crippen molar-refractivity contribution in [2.24, 2.45) is 0 Å². The van der Waals surface area contributed by atoms with Gasteiger partial charge in [-0.05, 0) is 6.92 Å². The lowest BCUT2D eigenvalue weighted by molar-refractivity contribution is 0.0542. The van der Waals surface area contributed by atoms with E-state index in [2.05, 4.69) is 15.3 Å². The second-order valence-corrected chi connectivity index (χ2v) is 3.44. The van der Waals surface area contributed by atoms with Gasteiger partial charge in [-0.15, -0.1) is 11.3 Å². The summed E-state index contributed by atoms with van der Waals surface area (Å²) in [5.41, 5.74) is 2.16. The molecule has 1 rings (SSSR count). The Bertz CT molecular complexity index is 298. The first-order valence-electron chi connectivity index (χ1n) is 3.62. The number of aromatic nitrogens is 1. The highest BCUT2D eigenvalue weighted by molar-refractivity contribution is 7.13. The Hall–Kier alpha value is -0.980. The smallest absolute Gasteiger partial charge is 0.286 e. The van der Waals surface area contributed by atoms with Gasteiger partial charge in [0.2, 0.25) is 0 Å². The Labute approximate surface area is 79.3 Å². The van der Waals surface area contributed by atoms with E-state index in [1.807, 2.05) is 0 Å². The Morgan fingerprint density at radius 3 is 3.00 bits per heavy atom. The number of hydroxylamine groups is 1. The van der Waals surface area contributed by atoms with Crippen LogP contribution in [-0.4, -0.2) is 23.1 Å². The standard InChI is InChI=1S/C7H10N2O3S/c1-4(10)7-8-3-5(13-7)6(11)9-12-2/h3-4,10H,1-2H3,(H,9,11). The fourth-order valence-electron chi connectivity index (χ4n) is 0.729. The van der Waals surface area contributed by atoms with E-state index < -0.39 is 6.10 Å². The number of carbonyl (C=O) groups is 1. The summed E-state index contributed by atoms with van der Waals surface area (Å²) in [4.78, 5) is 19.9. The highest BCUT2D eigenvalue weighted by atomic mass is 32.1. The molecule has 1 amide bonds. The van der Waals surface area contributed by atoms with Gasteiger partial charge in [-0.1, -0.05) is 0 Å². The van der Waals surface area contributed by atoms with Crippen LogP contribution in [-0.2, 0) is 4.84 Å². The number of rotatable bonds is 3. The van der Waals surface area contributed by atoms with E-state index in [0.717, 1.165) is 11.3 Å². The van der Waals surface area contributed by atoms with E-state index >= 15 is 0 Å². The fraction of sp³-hybridized carbons (Fsp3) is 0.429. The summed E-state index contributed by atoms with van der Waals surface area (Å²) in [6.45, 7) is 1.59. The molecule has 0 bridgehead atoms. The van der Waals surface area contributed by atoms with Crippen molar-refractivity contribution in [3.63, 3.8) is 0 Å². The van der Waals surface area contributed by atoms with Crippen molar-refractivity contribution in [2.75, 3.05) is 7.11 Å². The lowest BCUT2D eigenvalue weighted by atomic mass is 10.4. The van der Waals surface area contributed by atoms with Crippen LogP contribution in [0.3, 0.4) is 0 Å². The number of hydrogen-bond acceptors (Lipinski definition) is 5. The zero-order chi connectivity index (χ0) is 9.84. The summed E-state index contributed by atoms with van der Waals surface area (Å²) in [7, 11) is 1.36. The van der Waals surface area contributed by atoms with Crippen LogP contribution in [0, 0.1) is 0 Å². The molecule has 1 unspecified atom stereocenters. The Balaban J connectivity index is 2.73. The molecule has 0 saturated carbocycles. The molecule has 0 fully saturated rings. The third-order valence-corrected chi connectivity index (χ3v) is 2.47. The van der Waals surface area contributed by atoms with Crippen LogP contribution in [0.2, 0.25) is 0 Å². The quantitative estimate of drug-likeness (QED) is 0.700. The number of amides is 1. The summed E-state index contributed by atoms with van der Waals surface area (Å²) in [6, 6.07) is 0. The molecule has 72 valence electrons. The molecule has 2 N–H and O–H groups in total. The van der Waals surface area contributed by atoms with Gasteiger partial charge in [0, 0.05) is 0 Å². The second kappa shape index (κ2) is 4.31. The zero-order valence-corrected chi connectivity index (χ0v) is 8.09. The first-order valence-corrected chi connectivity index (χ1v) is 4.44. The largest absolute Gasteiger partial charge is 0.386 e. The average Bonchev–Trinajstić information content (AvgIpc) is 2.52. The van der Waals surface area contributed by atoms with E-state index in [9.17, 15) is 4.79 Å². The van der Waals surface area contributed by atoms with Crippen molar-refractivity contribution in [3.05, 3.63) is 16.1 Å². The van der Waals surface area contributed by atoms with E-state index in [1.165, 1.54) is 13.3 Å². The molecular weight excluding hydrogens is 192 g/mol. The predicted molar refractivity (Wildman–Crippen MR) is 47.2 cm³/mol. The maximum Gasteiger partial charge on any atom is 0.286 e. The molecule has 1 atom stereocenters. The van der Waals surface area contributed by atoms with Crippen molar-refractivity contribution < 1.29 is 14.7 Å². The number of nitrogens with zero attached hydrogens (tertiary/aromatic N) is 1. The normalized spacial score (nSPS) is 12.5. The first-order chi connectivity index (χ1) is 6.15. The Morgan fingerprint density at radius 1 is 1.85 bits per heavy atom. The predicted octanol–water partition coefficient (Wildman–Crippen LogP) is 0.488. The van der Waals surface area contributed by atoms with Gasteiger partial charge in [-0.25, -0.2) is 10.5 Å². The van der Waals surface area contributed by atoms with Crippen LogP contribution >= 0.6 is 11.3 Å². The Kier molecular flexibility index (Phi) is 3.35. The molecule has 1 aromatic heterocycles. The van der Waals surface area contributed by atoms with Crippen LogP contribution < -0.4 is 5.48 Å². The van der Waals surface area contributed by atoms with Gasteiger partial charge < -0.3 is 5.11 Å². The molecule has 5 nitrogen and oxygen atoms in total. The minimum atomic E-state index is -0.644. The van der Waals surface area contributed by atoms with E-state index in [4.69, 9.17) is 5.11 Å². The van der Waals surface area contributed by atoms with Crippen molar-refractivity contribution in [3.8, 4) is 0 Å².